The molecule has 1 fully saturated rings. The highest BCUT2D eigenvalue weighted by Gasteiger charge is 2.22. The Morgan fingerprint density at radius 2 is 2.08 bits per heavy atom. The van der Waals surface area contributed by atoms with E-state index < -0.39 is 0 Å². The standard InChI is InChI=1S/C17H20N4O2S2/c1-12-11-13(16(22)23-2)15(25-12)19-17(24)21-9-7-20(8-10-21)14-5-3-4-6-18-14/h3-6,11H,7-10H2,1-2H3,(H,19,24). The Bertz CT molecular complexity index is 755. The molecule has 3 heterocycles. The molecule has 0 unspecified atom stereocenters. The Kier molecular flexibility index (Phi) is 5.50. The minimum atomic E-state index is -0.352. The number of pyridine rings is 1. The van der Waals surface area contributed by atoms with E-state index in [9.17, 15) is 4.79 Å². The lowest BCUT2D eigenvalue weighted by molar-refractivity contribution is 0.0602. The van der Waals surface area contributed by atoms with E-state index in [1.54, 1.807) is 6.20 Å². The maximum Gasteiger partial charge on any atom is 0.340 e. The molecule has 0 bridgehead atoms. The summed E-state index contributed by atoms with van der Waals surface area (Å²) in [6, 6.07) is 7.75. The van der Waals surface area contributed by atoms with Crippen molar-refractivity contribution in [2.75, 3.05) is 43.5 Å². The molecule has 2 aromatic heterocycles. The number of thiophene rings is 1. The lowest BCUT2D eigenvalue weighted by Gasteiger charge is -2.36. The van der Waals surface area contributed by atoms with Crippen LogP contribution in [0.2, 0.25) is 0 Å². The Labute approximate surface area is 156 Å². The maximum absolute atomic E-state index is 11.9. The average molecular weight is 377 g/mol. The summed E-state index contributed by atoms with van der Waals surface area (Å²) in [5.74, 6) is 0.637. The minimum absolute atomic E-state index is 0.352. The van der Waals surface area contributed by atoms with Crippen LogP contribution in [0, 0.1) is 6.92 Å². The normalized spacial score (nSPS) is 14.3. The molecule has 1 aliphatic heterocycles. The zero-order valence-corrected chi connectivity index (χ0v) is 15.8. The lowest BCUT2D eigenvalue weighted by Crippen LogP contribution is -2.50. The van der Waals surface area contributed by atoms with Gasteiger partial charge in [-0.25, -0.2) is 9.78 Å². The monoisotopic (exact) mass is 376 g/mol. The summed E-state index contributed by atoms with van der Waals surface area (Å²) >= 11 is 7.04. The van der Waals surface area contributed by atoms with Gasteiger partial charge in [-0.05, 0) is 37.3 Å². The number of piperazine rings is 1. The summed E-state index contributed by atoms with van der Waals surface area (Å²) in [6.45, 7) is 5.27. The number of hydrogen-bond donors (Lipinski definition) is 1. The number of aromatic nitrogens is 1. The number of hydrogen-bond acceptors (Lipinski definition) is 6. The van der Waals surface area contributed by atoms with Crippen molar-refractivity contribution in [2.45, 2.75) is 6.92 Å². The van der Waals surface area contributed by atoms with E-state index in [0.29, 0.717) is 10.7 Å². The van der Waals surface area contributed by atoms with Gasteiger partial charge in [-0.2, -0.15) is 0 Å². The molecule has 0 aliphatic carbocycles. The number of methoxy groups -OCH3 is 1. The molecule has 1 aliphatic rings. The SMILES string of the molecule is COC(=O)c1cc(C)sc1NC(=S)N1CCN(c2ccccn2)CC1. The van der Waals surface area contributed by atoms with Gasteiger partial charge in [-0.3, -0.25) is 0 Å². The quantitative estimate of drug-likeness (QED) is 0.653. The van der Waals surface area contributed by atoms with E-state index in [2.05, 4.69) is 20.1 Å². The highest BCUT2D eigenvalue weighted by atomic mass is 32.1. The molecule has 25 heavy (non-hydrogen) atoms. The van der Waals surface area contributed by atoms with Gasteiger partial charge >= 0.3 is 5.97 Å². The van der Waals surface area contributed by atoms with Crippen LogP contribution in [0.1, 0.15) is 15.2 Å². The molecule has 0 radical (unpaired) electrons. The third kappa shape index (κ3) is 4.08. The number of carbonyl (C=O) groups excluding carboxylic acids is 1. The van der Waals surface area contributed by atoms with Crippen LogP contribution in [0.15, 0.2) is 30.5 Å². The van der Waals surface area contributed by atoms with Gasteiger partial charge < -0.3 is 19.9 Å². The van der Waals surface area contributed by atoms with Crippen LogP contribution in [0.25, 0.3) is 0 Å². The van der Waals surface area contributed by atoms with Crippen molar-refractivity contribution in [1.29, 1.82) is 0 Å². The molecular formula is C17H20N4O2S2. The van der Waals surface area contributed by atoms with Crippen molar-refractivity contribution in [3.05, 3.63) is 40.9 Å². The number of nitrogens with zero attached hydrogens (tertiary/aromatic N) is 3. The van der Waals surface area contributed by atoms with Gasteiger partial charge in [0, 0.05) is 37.3 Å². The molecular weight excluding hydrogens is 356 g/mol. The minimum Gasteiger partial charge on any atom is -0.465 e. The summed E-state index contributed by atoms with van der Waals surface area (Å²) < 4.78 is 4.84. The first-order valence-corrected chi connectivity index (χ1v) is 9.21. The summed E-state index contributed by atoms with van der Waals surface area (Å²) in [4.78, 5) is 21.7. The predicted octanol–water partition coefficient (Wildman–Crippen LogP) is 2.76. The van der Waals surface area contributed by atoms with Crippen molar-refractivity contribution in [3.63, 3.8) is 0 Å². The molecule has 8 heteroatoms. The molecule has 1 saturated heterocycles. The third-order valence-corrected chi connectivity index (χ3v) is 5.35. The van der Waals surface area contributed by atoms with Crippen LogP contribution in [-0.4, -0.2) is 54.3 Å². The van der Waals surface area contributed by atoms with E-state index in [4.69, 9.17) is 17.0 Å². The number of nitrogens with one attached hydrogen (secondary N) is 1. The van der Waals surface area contributed by atoms with Crippen LogP contribution in [0.5, 0.6) is 0 Å². The zero-order chi connectivity index (χ0) is 17.8. The van der Waals surface area contributed by atoms with Gasteiger partial charge in [0.05, 0.1) is 12.7 Å². The second kappa shape index (κ2) is 7.79. The Morgan fingerprint density at radius 3 is 2.72 bits per heavy atom. The molecule has 132 valence electrons. The molecule has 6 nitrogen and oxygen atoms in total. The van der Waals surface area contributed by atoms with Crippen LogP contribution < -0.4 is 10.2 Å². The van der Waals surface area contributed by atoms with Gasteiger partial charge in [0.25, 0.3) is 0 Å². The number of carbonyl (C=O) groups is 1. The molecule has 1 N–H and O–H groups in total. The molecule has 0 amide bonds. The number of esters is 1. The average Bonchev–Trinajstić information content (AvgIpc) is 3.02. The third-order valence-electron chi connectivity index (χ3n) is 4.02. The summed E-state index contributed by atoms with van der Waals surface area (Å²) in [5, 5.41) is 4.58. The number of aryl methyl sites for hydroxylation is 1. The van der Waals surface area contributed by atoms with Gasteiger partial charge in [0.2, 0.25) is 0 Å². The van der Waals surface area contributed by atoms with Gasteiger partial charge in [0.15, 0.2) is 5.11 Å². The molecule has 2 aromatic rings. The van der Waals surface area contributed by atoms with Crippen molar-refractivity contribution >= 4 is 45.5 Å². The maximum atomic E-state index is 11.9. The fourth-order valence-corrected chi connectivity index (χ4v) is 3.97. The van der Waals surface area contributed by atoms with Gasteiger partial charge in [0.1, 0.15) is 10.8 Å². The lowest BCUT2D eigenvalue weighted by atomic mass is 10.3. The topological polar surface area (TPSA) is 57.7 Å². The smallest absolute Gasteiger partial charge is 0.340 e. The summed E-state index contributed by atoms with van der Waals surface area (Å²) in [6.07, 6.45) is 1.81. The number of ether oxygens (including phenoxy) is 1. The van der Waals surface area contributed by atoms with Crippen LogP contribution in [0.3, 0.4) is 0 Å². The van der Waals surface area contributed by atoms with Gasteiger partial charge in [-0.1, -0.05) is 6.07 Å². The first kappa shape index (κ1) is 17.6. The van der Waals surface area contributed by atoms with E-state index >= 15 is 0 Å². The predicted molar refractivity (Wildman–Crippen MR) is 105 cm³/mol. The van der Waals surface area contributed by atoms with E-state index in [0.717, 1.165) is 41.9 Å². The number of thiocarbonyl (C=S) groups is 1. The fourth-order valence-electron chi connectivity index (χ4n) is 2.72. The summed E-state index contributed by atoms with van der Waals surface area (Å²) in [7, 11) is 1.38. The fraction of sp³-hybridized carbons (Fsp3) is 0.353. The number of anilines is 2. The van der Waals surface area contributed by atoms with E-state index in [1.165, 1.54) is 18.4 Å². The molecule has 0 spiro atoms. The summed E-state index contributed by atoms with van der Waals surface area (Å²) in [5.41, 5.74) is 0.527. The molecule has 0 saturated carbocycles. The van der Waals surface area contributed by atoms with Crippen LogP contribution >= 0.6 is 23.6 Å². The van der Waals surface area contributed by atoms with Crippen molar-refractivity contribution in [2.24, 2.45) is 0 Å². The first-order valence-electron chi connectivity index (χ1n) is 7.99. The molecule has 0 atom stereocenters. The Hall–Kier alpha value is -2.19. The second-order valence-corrected chi connectivity index (χ2v) is 7.33. The highest BCUT2D eigenvalue weighted by molar-refractivity contribution is 7.80. The van der Waals surface area contributed by atoms with Crippen LogP contribution in [0.4, 0.5) is 10.8 Å². The largest absolute Gasteiger partial charge is 0.465 e. The van der Waals surface area contributed by atoms with Crippen molar-refractivity contribution in [3.8, 4) is 0 Å². The zero-order valence-electron chi connectivity index (χ0n) is 14.2. The van der Waals surface area contributed by atoms with Crippen molar-refractivity contribution in [1.82, 2.24) is 9.88 Å². The second-order valence-electron chi connectivity index (χ2n) is 5.68. The van der Waals surface area contributed by atoms with E-state index in [-0.39, 0.29) is 5.97 Å². The number of rotatable bonds is 3. The first-order chi connectivity index (χ1) is 12.1. The Balaban J connectivity index is 1.61. The van der Waals surface area contributed by atoms with E-state index in [1.807, 2.05) is 31.2 Å². The molecule has 3 rings (SSSR count). The van der Waals surface area contributed by atoms with Crippen molar-refractivity contribution < 1.29 is 9.53 Å². The highest BCUT2D eigenvalue weighted by Crippen LogP contribution is 2.28. The van der Waals surface area contributed by atoms with Crippen LogP contribution in [-0.2, 0) is 4.74 Å². The van der Waals surface area contributed by atoms with Gasteiger partial charge in [-0.15, -0.1) is 11.3 Å². The Morgan fingerprint density at radius 1 is 1.32 bits per heavy atom. The molecule has 0 aromatic carbocycles.